The molecule has 1 saturated carbocycles. The Kier molecular flexibility index (Phi) is 4.32. The SMILES string of the molecule is CCc1cc(C(=O)C2CCCC(S(C)(=O)=O)C2)n(C)n1. The van der Waals surface area contributed by atoms with Crippen LogP contribution in [-0.4, -0.2) is 35.5 Å². The first-order valence-corrected chi connectivity index (χ1v) is 9.04. The van der Waals surface area contributed by atoms with Crippen LogP contribution in [-0.2, 0) is 23.3 Å². The second kappa shape index (κ2) is 5.68. The minimum absolute atomic E-state index is 0.0352. The highest BCUT2D eigenvalue weighted by Gasteiger charge is 2.33. The quantitative estimate of drug-likeness (QED) is 0.794. The lowest BCUT2D eigenvalue weighted by Gasteiger charge is -2.26. The first kappa shape index (κ1) is 15.2. The van der Waals surface area contributed by atoms with E-state index in [1.54, 1.807) is 11.7 Å². The van der Waals surface area contributed by atoms with Crippen molar-refractivity contribution >= 4 is 15.6 Å². The van der Waals surface area contributed by atoms with Crippen molar-refractivity contribution in [2.75, 3.05) is 6.26 Å². The summed E-state index contributed by atoms with van der Waals surface area (Å²) in [5.74, 6) is -0.156. The fraction of sp³-hybridized carbons (Fsp3) is 0.714. The summed E-state index contributed by atoms with van der Waals surface area (Å²) in [6.07, 6.45) is 4.75. The van der Waals surface area contributed by atoms with Gasteiger partial charge in [-0.05, 0) is 31.7 Å². The van der Waals surface area contributed by atoms with Crippen LogP contribution < -0.4 is 0 Å². The summed E-state index contributed by atoms with van der Waals surface area (Å²) in [5, 5.41) is 3.92. The summed E-state index contributed by atoms with van der Waals surface area (Å²) in [7, 11) is -1.29. The van der Waals surface area contributed by atoms with E-state index >= 15 is 0 Å². The van der Waals surface area contributed by atoms with Crippen LogP contribution in [0, 0.1) is 5.92 Å². The number of ketones is 1. The van der Waals surface area contributed by atoms with Crippen LogP contribution in [0.5, 0.6) is 0 Å². The Balaban J connectivity index is 2.18. The van der Waals surface area contributed by atoms with E-state index in [-0.39, 0.29) is 17.0 Å². The molecule has 1 aliphatic rings. The fourth-order valence-corrected chi connectivity index (χ4v) is 4.09. The van der Waals surface area contributed by atoms with E-state index in [1.165, 1.54) is 6.26 Å². The molecule has 0 bridgehead atoms. The molecule has 0 aliphatic heterocycles. The number of sulfone groups is 1. The van der Waals surface area contributed by atoms with Gasteiger partial charge in [-0.2, -0.15) is 5.10 Å². The van der Waals surface area contributed by atoms with Crippen molar-refractivity contribution in [1.29, 1.82) is 0 Å². The predicted octanol–water partition coefficient (Wildman–Crippen LogP) is 1.77. The lowest BCUT2D eigenvalue weighted by atomic mass is 9.85. The molecule has 0 amide bonds. The molecule has 1 aliphatic carbocycles. The fourth-order valence-electron chi connectivity index (χ4n) is 2.91. The summed E-state index contributed by atoms with van der Waals surface area (Å²) in [4.78, 5) is 12.6. The minimum Gasteiger partial charge on any atom is -0.292 e. The smallest absolute Gasteiger partial charge is 0.183 e. The third-order valence-electron chi connectivity index (χ3n) is 4.15. The zero-order valence-electron chi connectivity index (χ0n) is 12.3. The lowest BCUT2D eigenvalue weighted by Crippen LogP contribution is -2.31. The molecule has 2 unspecified atom stereocenters. The Bertz CT molecular complexity index is 604. The molecule has 1 aromatic heterocycles. The van der Waals surface area contributed by atoms with Crippen LogP contribution in [0.4, 0.5) is 0 Å². The standard InChI is InChI=1S/C14H22N2O3S/c1-4-11-9-13(16(2)15-11)14(17)10-6-5-7-12(8-10)20(3,18)19/h9-10,12H,4-8H2,1-3H3. The number of nitrogens with zero attached hydrogens (tertiary/aromatic N) is 2. The Hall–Kier alpha value is -1.17. The van der Waals surface area contributed by atoms with Gasteiger partial charge >= 0.3 is 0 Å². The number of aryl methyl sites for hydroxylation is 2. The molecule has 5 nitrogen and oxygen atoms in total. The topological polar surface area (TPSA) is 69.0 Å². The van der Waals surface area contributed by atoms with Crippen LogP contribution >= 0.6 is 0 Å². The average molecular weight is 298 g/mol. The van der Waals surface area contributed by atoms with Gasteiger partial charge in [0.25, 0.3) is 0 Å². The van der Waals surface area contributed by atoms with Gasteiger partial charge in [0, 0.05) is 19.2 Å². The Morgan fingerprint density at radius 2 is 2.15 bits per heavy atom. The molecular formula is C14H22N2O3S. The third kappa shape index (κ3) is 3.11. The molecule has 0 saturated heterocycles. The van der Waals surface area contributed by atoms with Crippen molar-refractivity contribution < 1.29 is 13.2 Å². The van der Waals surface area contributed by atoms with Gasteiger partial charge in [-0.1, -0.05) is 13.3 Å². The Morgan fingerprint density at radius 3 is 2.70 bits per heavy atom. The summed E-state index contributed by atoms with van der Waals surface area (Å²) < 4.78 is 25.0. The van der Waals surface area contributed by atoms with Gasteiger partial charge in [0.05, 0.1) is 10.9 Å². The second-order valence-corrected chi connectivity index (χ2v) is 8.00. The minimum atomic E-state index is -3.06. The summed E-state index contributed by atoms with van der Waals surface area (Å²) >= 11 is 0. The molecule has 6 heteroatoms. The van der Waals surface area contributed by atoms with E-state index in [0.717, 1.165) is 25.0 Å². The summed E-state index contributed by atoms with van der Waals surface area (Å²) in [6.45, 7) is 2.00. The monoisotopic (exact) mass is 298 g/mol. The average Bonchev–Trinajstić information content (AvgIpc) is 2.78. The van der Waals surface area contributed by atoms with Gasteiger partial charge in [0.1, 0.15) is 15.5 Å². The van der Waals surface area contributed by atoms with Crippen molar-refractivity contribution in [1.82, 2.24) is 9.78 Å². The van der Waals surface area contributed by atoms with Gasteiger partial charge in [-0.3, -0.25) is 9.48 Å². The molecule has 20 heavy (non-hydrogen) atoms. The number of aromatic nitrogens is 2. The van der Waals surface area contributed by atoms with Gasteiger partial charge < -0.3 is 0 Å². The summed E-state index contributed by atoms with van der Waals surface area (Å²) in [6, 6.07) is 1.83. The highest BCUT2D eigenvalue weighted by molar-refractivity contribution is 7.91. The van der Waals surface area contributed by atoms with E-state index in [0.29, 0.717) is 18.5 Å². The van der Waals surface area contributed by atoms with Gasteiger partial charge in [-0.25, -0.2) is 8.42 Å². The first-order valence-electron chi connectivity index (χ1n) is 7.09. The maximum absolute atomic E-state index is 12.6. The molecule has 0 spiro atoms. The van der Waals surface area contributed by atoms with E-state index in [1.807, 2.05) is 13.0 Å². The largest absolute Gasteiger partial charge is 0.292 e. The van der Waals surface area contributed by atoms with E-state index in [9.17, 15) is 13.2 Å². The zero-order valence-corrected chi connectivity index (χ0v) is 13.1. The van der Waals surface area contributed by atoms with Gasteiger partial charge in [-0.15, -0.1) is 0 Å². The number of Topliss-reactive ketones (excluding diaryl/α,β-unsaturated/α-hetero) is 1. The normalized spacial score (nSPS) is 23.8. The van der Waals surface area contributed by atoms with Crippen molar-refractivity contribution in [2.24, 2.45) is 13.0 Å². The van der Waals surface area contributed by atoms with Crippen LogP contribution in [0.15, 0.2) is 6.07 Å². The molecule has 2 rings (SSSR count). The van der Waals surface area contributed by atoms with Crippen LogP contribution in [0.3, 0.4) is 0 Å². The van der Waals surface area contributed by atoms with Gasteiger partial charge in [0.15, 0.2) is 5.78 Å². The molecule has 1 fully saturated rings. The maximum Gasteiger partial charge on any atom is 0.183 e. The van der Waals surface area contributed by atoms with Crippen molar-refractivity contribution in [3.05, 3.63) is 17.5 Å². The van der Waals surface area contributed by atoms with Gasteiger partial charge in [0.2, 0.25) is 0 Å². The first-order chi connectivity index (χ1) is 9.32. The number of rotatable bonds is 4. The highest BCUT2D eigenvalue weighted by atomic mass is 32.2. The number of carbonyl (C=O) groups is 1. The molecule has 0 N–H and O–H groups in total. The number of hydrogen-bond acceptors (Lipinski definition) is 4. The molecule has 0 radical (unpaired) electrons. The zero-order chi connectivity index (χ0) is 14.9. The molecule has 0 aromatic carbocycles. The molecule has 112 valence electrons. The third-order valence-corrected chi connectivity index (χ3v) is 5.79. The van der Waals surface area contributed by atoms with Crippen molar-refractivity contribution in [3.8, 4) is 0 Å². The maximum atomic E-state index is 12.6. The molecule has 1 heterocycles. The Labute approximate surface area is 120 Å². The second-order valence-electron chi connectivity index (χ2n) is 5.68. The number of carbonyl (C=O) groups excluding carboxylic acids is 1. The molecular weight excluding hydrogens is 276 g/mol. The summed E-state index contributed by atoms with van der Waals surface area (Å²) in [5.41, 5.74) is 1.49. The van der Waals surface area contributed by atoms with Crippen LogP contribution in [0.2, 0.25) is 0 Å². The molecule has 1 aromatic rings. The van der Waals surface area contributed by atoms with Crippen LogP contribution in [0.25, 0.3) is 0 Å². The molecule has 2 atom stereocenters. The van der Waals surface area contributed by atoms with E-state index < -0.39 is 9.84 Å². The lowest BCUT2D eigenvalue weighted by molar-refractivity contribution is 0.0881. The van der Waals surface area contributed by atoms with Crippen LogP contribution in [0.1, 0.15) is 48.8 Å². The number of hydrogen-bond donors (Lipinski definition) is 0. The predicted molar refractivity (Wildman–Crippen MR) is 77.5 cm³/mol. The highest BCUT2D eigenvalue weighted by Crippen LogP contribution is 2.30. The van der Waals surface area contributed by atoms with Crippen molar-refractivity contribution in [2.45, 2.75) is 44.3 Å². The van der Waals surface area contributed by atoms with E-state index in [4.69, 9.17) is 0 Å². The Morgan fingerprint density at radius 1 is 1.45 bits per heavy atom. The van der Waals surface area contributed by atoms with Crippen molar-refractivity contribution in [3.63, 3.8) is 0 Å². The van der Waals surface area contributed by atoms with E-state index in [2.05, 4.69) is 5.10 Å².